The van der Waals surface area contributed by atoms with E-state index in [9.17, 15) is 13.6 Å². The molecule has 1 aromatic carbocycles. The molecule has 0 bridgehead atoms. The van der Waals surface area contributed by atoms with Crippen molar-refractivity contribution in [3.63, 3.8) is 0 Å². The number of thioether (sulfide) groups is 1. The molecule has 1 aliphatic heterocycles. The Morgan fingerprint density at radius 3 is 2.67 bits per heavy atom. The fourth-order valence-corrected chi connectivity index (χ4v) is 3.59. The molecular formula is C16H19F2N3O2S. The Bertz CT molecular complexity index is 727. The molecule has 0 N–H and O–H groups in total. The Labute approximate surface area is 143 Å². The van der Waals surface area contributed by atoms with Crippen LogP contribution in [0.15, 0.2) is 29.4 Å². The molecule has 130 valence electrons. The third-order valence-electron chi connectivity index (χ3n) is 3.88. The number of hydrogen-bond donors (Lipinski definition) is 0. The number of rotatable bonds is 4. The van der Waals surface area contributed by atoms with Gasteiger partial charge in [0.25, 0.3) is 5.76 Å². The number of alkyl halides is 2. The van der Waals surface area contributed by atoms with Crippen LogP contribution in [0.2, 0.25) is 0 Å². The second-order valence-corrected chi connectivity index (χ2v) is 6.86. The van der Waals surface area contributed by atoms with Gasteiger partial charge in [-0.3, -0.25) is 4.79 Å². The minimum absolute atomic E-state index is 0.00495. The maximum atomic E-state index is 12.8. The van der Waals surface area contributed by atoms with Crippen molar-refractivity contribution in [3.05, 3.63) is 24.3 Å². The monoisotopic (exact) mass is 355 g/mol. The highest BCUT2D eigenvalue weighted by Crippen LogP contribution is 2.28. The van der Waals surface area contributed by atoms with Crippen molar-refractivity contribution in [2.24, 2.45) is 0 Å². The van der Waals surface area contributed by atoms with E-state index in [-0.39, 0.29) is 29.8 Å². The number of imidazole rings is 1. The van der Waals surface area contributed by atoms with Crippen LogP contribution in [-0.2, 0) is 16.1 Å². The maximum absolute atomic E-state index is 12.8. The van der Waals surface area contributed by atoms with Gasteiger partial charge in [-0.1, -0.05) is 12.1 Å². The van der Waals surface area contributed by atoms with Crippen molar-refractivity contribution in [1.82, 2.24) is 14.5 Å². The van der Waals surface area contributed by atoms with Crippen molar-refractivity contribution in [1.29, 1.82) is 0 Å². The molecule has 1 aromatic heterocycles. The number of amides is 1. The molecule has 2 aromatic rings. The van der Waals surface area contributed by atoms with Crippen LogP contribution in [0.1, 0.15) is 13.8 Å². The molecule has 2 heterocycles. The van der Waals surface area contributed by atoms with Gasteiger partial charge in [0.05, 0.1) is 23.2 Å². The van der Waals surface area contributed by atoms with E-state index in [1.165, 1.54) is 0 Å². The lowest BCUT2D eigenvalue weighted by Crippen LogP contribution is -2.49. The summed E-state index contributed by atoms with van der Waals surface area (Å²) in [4.78, 5) is 18.6. The number of aromatic nitrogens is 2. The van der Waals surface area contributed by atoms with Crippen molar-refractivity contribution < 1.29 is 18.3 Å². The molecule has 2 unspecified atom stereocenters. The van der Waals surface area contributed by atoms with E-state index in [1.54, 1.807) is 33.7 Å². The van der Waals surface area contributed by atoms with E-state index in [0.29, 0.717) is 35.9 Å². The van der Waals surface area contributed by atoms with Crippen LogP contribution in [0.25, 0.3) is 11.0 Å². The van der Waals surface area contributed by atoms with Gasteiger partial charge in [-0.25, -0.2) is 4.98 Å². The number of nitrogens with zero attached hydrogens (tertiary/aromatic N) is 3. The molecule has 1 saturated heterocycles. The standard InChI is InChI=1S/C16H19F2N3O2S/c1-10-7-20(8-11(2)23-10)14(22)9-21-13-6-4-3-5-12(13)19-16(21)24-15(17)18/h3-6,10-11,15H,7-9H2,1-2H3. The quantitative estimate of drug-likeness (QED) is 0.791. The first-order chi connectivity index (χ1) is 11.4. The molecule has 0 aliphatic carbocycles. The number of morpholine rings is 1. The summed E-state index contributed by atoms with van der Waals surface area (Å²) in [5.74, 6) is -2.70. The zero-order chi connectivity index (χ0) is 17.3. The molecule has 5 nitrogen and oxygen atoms in total. The first-order valence-corrected chi connectivity index (χ1v) is 8.65. The molecule has 24 heavy (non-hydrogen) atoms. The van der Waals surface area contributed by atoms with Gasteiger partial charge in [-0.05, 0) is 37.7 Å². The Balaban J connectivity index is 1.86. The number of hydrogen-bond acceptors (Lipinski definition) is 4. The number of ether oxygens (including phenoxy) is 1. The number of carbonyl (C=O) groups excluding carboxylic acids is 1. The number of halogens is 2. The molecule has 2 atom stereocenters. The van der Waals surface area contributed by atoms with E-state index in [0.717, 1.165) is 0 Å². The minimum atomic E-state index is -2.58. The lowest BCUT2D eigenvalue weighted by molar-refractivity contribution is -0.143. The third kappa shape index (κ3) is 3.70. The summed E-state index contributed by atoms with van der Waals surface area (Å²) in [5.41, 5.74) is 1.29. The zero-order valence-corrected chi connectivity index (χ0v) is 14.3. The van der Waals surface area contributed by atoms with E-state index >= 15 is 0 Å². The normalized spacial score (nSPS) is 21.6. The first kappa shape index (κ1) is 17.2. The zero-order valence-electron chi connectivity index (χ0n) is 13.5. The van der Waals surface area contributed by atoms with Gasteiger partial charge in [-0.2, -0.15) is 8.78 Å². The molecule has 1 fully saturated rings. The van der Waals surface area contributed by atoms with Crippen LogP contribution in [0.4, 0.5) is 8.78 Å². The Kier molecular flexibility index (Phi) is 5.05. The summed E-state index contributed by atoms with van der Waals surface area (Å²) in [5, 5.41) is 0.161. The molecule has 1 amide bonds. The predicted octanol–water partition coefficient (Wildman–Crippen LogP) is 2.99. The van der Waals surface area contributed by atoms with Gasteiger partial charge in [-0.15, -0.1) is 0 Å². The smallest absolute Gasteiger partial charge is 0.291 e. The molecule has 0 saturated carbocycles. The summed E-state index contributed by atoms with van der Waals surface area (Å²) in [7, 11) is 0. The second kappa shape index (κ2) is 7.06. The molecular weight excluding hydrogens is 336 g/mol. The fraction of sp³-hybridized carbons (Fsp3) is 0.500. The number of fused-ring (bicyclic) bond motifs is 1. The van der Waals surface area contributed by atoms with E-state index in [2.05, 4.69) is 4.98 Å². The highest BCUT2D eigenvalue weighted by molar-refractivity contribution is 7.99. The minimum Gasteiger partial charge on any atom is -0.372 e. The van der Waals surface area contributed by atoms with Gasteiger partial charge in [0.2, 0.25) is 5.91 Å². The Hall–Kier alpha value is -1.67. The lowest BCUT2D eigenvalue weighted by atomic mass is 10.2. The van der Waals surface area contributed by atoms with Crippen LogP contribution in [0, 0.1) is 0 Å². The van der Waals surface area contributed by atoms with E-state index in [4.69, 9.17) is 4.74 Å². The van der Waals surface area contributed by atoms with Gasteiger partial charge >= 0.3 is 0 Å². The number of carbonyl (C=O) groups is 1. The summed E-state index contributed by atoms with van der Waals surface area (Å²) >= 11 is 0.364. The van der Waals surface area contributed by atoms with Crippen LogP contribution < -0.4 is 0 Å². The molecule has 0 spiro atoms. The largest absolute Gasteiger partial charge is 0.372 e. The van der Waals surface area contributed by atoms with Crippen LogP contribution in [0.5, 0.6) is 0 Å². The maximum Gasteiger partial charge on any atom is 0.291 e. The Morgan fingerprint density at radius 1 is 1.33 bits per heavy atom. The molecule has 8 heteroatoms. The molecule has 1 aliphatic rings. The number of para-hydroxylation sites is 2. The van der Waals surface area contributed by atoms with E-state index < -0.39 is 5.76 Å². The van der Waals surface area contributed by atoms with Crippen molar-refractivity contribution in [3.8, 4) is 0 Å². The average molecular weight is 355 g/mol. The first-order valence-electron chi connectivity index (χ1n) is 7.77. The lowest BCUT2D eigenvalue weighted by Gasteiger charge is -2.35. The van der Waals surface area contributed by atoms with Crippen molar-refractivity contribution in [2.75, 3.05) is 13.1 Å². The van der Waals surface area contributed by atoms with Gasteiger partial charge in [0.15, 0.2) is 5.16 Å². The second-order valence-electron chi connectivity index (χ2n) is 5.90. The van der Waals surface area contributed by atoms with Crippen LogP contribution >= 0.6 is 11.8 Å². The van der Waals surface area contributed by atoms with Gasteiger partial charge in [0.1, 0.15) is 6.54 Å². The van der Waals surface area contributed by atoms with Gasteiger partial charge < -0.3 is 14.2 Å². The summed E-state index contributed by atoms with van der Waals surface area (Å²) in [6, 6.07) is 7.14. The Morgan fingerprint density at radius 2 is 2.00 bits per heavy atom. The molecule has 3 rings (SSSR count). The van der Waals surface area contributed by atoms with Gasteiger partial charge in [0, 0.05) is 13.1 Å². The predicted molar refractivity (Wildman–Crippen MR) is 88.2 cm³/mol. The molecule has 0 radical (unpaired) electrons. The SMILES string of the molecule is CC1CN(C(=O)Cn2c(SC(F)F)nc3ccccc32)CC(C)O1. The van der Waals surface area contributed by atoms with Crippen LogP contribution in [-0.4, -0.2) is 51.4 Å². The summed E-state index contributed by atoms with van der Waals surface area (Å²) in [6.07, 6.45) is -0.0701. The highest BCUT2D eigenvalue weighted by Gasteiger charge is 2.27. The summed E-state index contributed by atoms with van der Waals surface area (Å²) < 4.78 is 32.8. The number of benzene rings is 1. The topological polar surface area (TPSA) is 47.4 Å². The summed E-state index contributed by atoms with van der Waals surface area (Å²) in [6.45, 7) is 4.84. The fourth-order valence-electron chi connectivity index (χ4n) is 2.99. The highest BCUT2D eigenvalue weighted by atomic mass is 32.2. The van der Waals surface area contributed by atoms with E-state index in [1.807, 2.05) is 13.8 Å². The van der Waals surface area contributed by atoms with Crippen molar-refractivity contribution >= 4 is 28.7 Å². The third-order valence-corrected chi connectivity index (χ3v) is 4.58. The van der Waals surface area contributed by atoms with Crippen LogP contribution in [0.3, 0.4) is 0 Å². The average Bonchev–Trinajstić information content (AvgIpc) is 2.83. The van der Waals surface area contributed by atoms with Crippen molar-refractivity contribution in [2.45, 2.75) is 43.5 Å².